The minimum absolute atomic E-state index is 0.0781. The number of amides is 1. The zero-order chi connectivity index (χ0) is 10.1. The first-order valence-corrected chi connectivity index (χ1v) is 4.45. The third-order valence-electron chi connectivity index (χ3n) is 2.34. The molecule has 13 heavy (non-hydrogen) atoms. The Hall–Kier alpha value is -1.06. The van der Waals surface area contributed by atoms with E-state index in [1.54, 1.807) is 18.7 Å². The monoisotopic (exact) mass is 185 g/mol. The Morgan fingerprint density at radius 2 is 2.23 bits per heavy atom. The molecule has 0 unspecified atom stereocenters. The summed E-state index contributed by atoms with van der Waals surface area (Å²) in [6.07, 6.45) is 1.42. The third kappa shape index (κ3) is 2.20. The minimum atomic E-state index is -0.854. The van der Waals surface area contributed by atoms with Crippen molar-refractivity contribution in [2.24, 2.45) is 5.41 Å². The van der Waals surface area contributed by atoms with Crippen LogP contribution >= 0.6 is 0 Å². The van der Waals surface area contributed by atoms with Gasteiger partial charge in [-0.05, 0) is 20.3 Å². The van der Waals surface area contributed by atoms with Crippen molar-refractivity contribution in [3.05, 3.63) is 0 Å². The highest BCUT2D eigenvalue weighted by Gasteiger charge is 2.33. The fraction of sp³-hybridized carbons (Fsp3) is 0.778. The molecule has 4 heteroatoms. The van der Waals surface area contributed by atoms with Crippen LogP contribution in [-0.4, -0.2) is 35.0 Å². The molecule has 4 nitrogen and oxygen atoms in total. The summed E-state index contributed by atoms with van der Waals surface area (Å²) in [7, 11) is 0. The van der Waals surface area contributed by atoms with Crippen molar-refractivity contribution < 1.29 is 14.7 Å². The van der Waals surface area contributed by atoms with Gasteiger partial charge in [0.2, 0.25) is 5.91 Å². The normalized spacial score (nSPS) is 18.0. The first kappa shape index (κ1) is 10.0. The highest BCUT2D eigenvalue weighted by atomic mass is 16.4. The van der Waals surface area contributed by atoms with Gasteiger partial charge in [-0.3, -0.25) is 9.59 Å². The van der Waals surface area contributed by atoms with Gasteiger partial charge in [-0.25, -0.2) is 0 Å². The molecular formula is C9H15NO3. The van der Waals surface area contributed by atoms with Crippen molar-refractivity contribution in [1.29, 1.82) is 0 Å². The van der Waals surface area contributed by atoms with E-state index in [4.69, 9.17) is 5.11 Å². The molecule has 0 bridgehead atoms. The Balaban J connectivity index is 2.57. The smallest absolute Gasteiger partial charge is 0.310 e. The molecule has 0 aromatic rings. The van der Waals surface area contributed by atoms with E-state index in [0.29, 0.717) is 19.5 Å². The molecule has 1 amide bonds. The van der Waals surface area contributed by atoms with Gasteiger partial charge in [0.15, 0.2) is 0 Å². The van der Waals surface area contributed by atoms with Crippen molar-refractivity contribution in [2.45, 2.75) is 26.7 Å². The lowest BCUT2D eigenvalue weighted by atomic mass is 9.93. The molecular weight excluding hydrogens is 170 g/mol. The summed E-state index contributed by atoms with van der Waals surface area (Å²) in [5.41, 5.74) is -0.833. The van der Waals surface area contributed by atoms with E-state index >= 15 is 0 Å². The second-order valence-electron chi connectivity index (χ2n) is 4.11. The number of aliphatic carboxylic acids is 1. The van der Waals surface area contributed by atoms with Crippen molar-refractivity contribution in [3.8, 4) is 0 Å². The Bertz CT molecular complexity index is 235. The Kier molecular flexibility index (Phi) is 2.59. The maximum atomic E-state index is 11.2. The molecule has 1 saturated heterocycles. The molecule has 0 aromatic heterocycles. The van der Waals surface area contributed by atoms with Crippen LogP contribution in [0.3, 0.4) is 0 Å². The first-order chi connectivity index (χ1) is 5.93. The van der Waals surface area contributed by atoms with Crippen LogP contribution in [0.2, 0.25) is 0 Å². The van der Waals surface area contributed by atoms with E-state index in [-0.39, 0.29) is 5.91 Å². The average Bonchev–Trinajstić information content (AvgIpc) is 2.35. The predicted octanol–water partition coefficient (Wildman–Crippen LogP) is 0.720. The molecule has 1 aliphatic rings. The number of carbonyl (C=O) groups excluding carboxylic acids is 1. The van der Waals surface area contributed by atoms with Gasteiger partial charge in [0, 0.05) is 19.5 Å². The van der Waals surface area contributed by atoms with E-state index in [1.165, 1.54) is 0 Å². The topological polar surface area (TPSA) is 57.6 Å². The molecule has 0 radical (unpaired) electrons. The summed E-state index contributed by atoms with van der Waals surface area (Å²) < 4.78 is 0. The standard InChI is InChI=1S/C9H15NO3/c1-9(2,8(12)13)6-10-5-3-4-7(10)11/h3-6H2,1-2H3,(H,12,13). The van der Waals surface area contributed by atoms with Gasteiger partial charge in [0.25, 0.3) is 0 Å². The highest BCUT2D eigenvalue weighted by molar-refractivity contribution is 5.80. The quantitative estimate of drug-likeness (QED) is 0.704. The molecule has 0 spiro atoms. The van der Waals surface area contributed by atoms with Gasteiger partial charge in [-0.15, -0.1) is 0 Å². The summed E-state index contributed by atoms with van der Waals surface area (Å²) in [6.45, 7) is 4.30. The van der Waals surface area contributed by atoms with Crippen LogP contribution in [-0.2, 0) is 9.59 Å². The zero-order valence-electron chi connectivity index (χ0n) is 8.04. The molecule has 1 N–H and O–H groups in total. The van der Waals surface area contributed by atoms with Gasteiger partial charge in [-0.2, -0.15) is 0 Å². The van der Waals surface area contributed by atoms with Gasteiger partial charge >= 0.3 is 5.97 Å². The van der Waals surface area contributed by atoms with Crippen LogP contribution in [0.25, 0.3) is 0 Å². The molecule has 0 atom stereocenters. The molecule has 1 rings (SSSR count). The minimum Gasteiger partial charge on any atom is -0.481 e. The summed E-state index contributed by atoms with van der Waals surface area (Å²) in [6, 6.07) is 0. The largest absolute Gasteiger partial charge is 0.481 e. The third-order valence-corrected chi connectivity index (χ3v) is 2.34. The average molecular weight is 185 g/mol. The maximum Gasteiger partial charge on any atom is 0.310 e. The van der Waals surface area contributed by atoms with E-state index in [9.17, 15) is 9.59 Å². The van der Waals surface area contributed by atoms with Crippen LogP contribution in [0.15, 0.2) is 0 Å². The number of hydrogen-bond donors (Lipinski definition) is 1. The van der Waals surface area contributed by atoms with Crippen LogP contribution in [0.1, 0.15) is 26.7 Å². The highest BCUT2D eigenvalue weighted by Crippen LogP contribution is 2.20. The Morgan fingerprint density at radius 3 is 2.62 bits per heavy atom. The number of nitrogens with zero attached hydrogens (tertiary/aromatic N) is 1. The van der Waals surface area contributed by atoms with E-state index in [2.05, 4.69) is 0 Å². The number of carbonyl (C=O) groups is 2. The fourth-order valence-electron chi connectivity index (χ4n) is 1.42. The van der Waals surface area contributed by atoms with Crippen LogP contribution < -0.4 is 0 Å². The Morgan fingerprint density at radius 1 is 1.62 bits per heavy atom. The number of rotatable bonds is 3. The SMILES string of the molecule is CC(C)(CN1CCCC1=O)C(=O)O. The molecule has 0 aromatic carbocycles. The summed E-state index contributed by atoms with van der Waals surface area (Å²) in [5.74, 6) is -0.776. The second kappa shape index (κ2) is 3.36. The second-order valence-corrected chi connectivity index (χ2v) is 4.11. The van der Waals surface area contributed by atoms with Crippen molar-refractivity contribution in [3.63, 3.8) is 0 Å². The van der Waals surface area contributed by atoms with E-state index in [1.807, 2.05) is 0 Å². The molecule has 1 fully saturated rings. The first-order valence-electron chi connectivity index (χ1n) is 4.45. The summed E-state index contributed by atoms with van der Waals surface area (Å²) >= 11 is 0. The van der Waals surface area contributed by atoms with Gasteiger partial charge in [0.1, 0.15) is 0 Å². The van der Waals surface area contributed by atoms with Crippen molar-refractivity contribution in [1.82, 2.24) is 4.90 Å². The number of likely N-dealkylation sites (tertiary alicyclic amines) is 1. The maximum absolute atomic E-state index is 11.2. The fourth-order valence-corrected chi connectivity index (χ4v) is 1.42. The van der Waals surface area contributed by atoms with Crippen LogP contribution in [0.5, 0.6) is 0 Å². The van der Waals surface area contributed by atoms with Gasteiger partial charge in [0.05, 0.1) is 5.41 Å². The lowest BCUT2D eigenvalue weighted by Crippen LogP contribution is -2.39. The molecule has 74 valence electrons. The lowest BCUT2D eigenvalue weighted by Gasteiger charge is -2.25. The molecule has 0 saturated carbocycles. The molecule has 0 aliphatic carbocycles. The van der Waals surface area contributed by atoms with Crippen molar-refractivity contribution >= 4 is 11.9 Å². The van der Waals surface area contributed by atoms with Gasteiger partial charge < -0.3 is 10.0 Å². The molecule has 1 heterocycles. The lowest BCUT2D eigenvalue weighted by molar-refractivity contribution is -0.148. The zero-order valence-corrected chi connectivity index (χ0v) is 8.04. The Labute approximate surface area is 77.5 Å². The van der Waals surface area contributed by atoms with E-state index in [0.717, 1.165) is 6.42 Å². The summed E-state index contributed by atoms with van der Waals surface area (Å²) in [4.78, 5) is 23.6. The van der Waals surface area contributed by atoms with Crippen molar-refractivity contribution in [2.75, 3.05) is 13.1 Å². The number of carboxylic acid groups (broad SMARTS) is 1. The number of carboxylic acids is 1. The van der Waals surface area contributed by atoms with Crippen LogP contribution in [0.4, 0.5) is 0 Å². The number of hydrogen-bond acceptors (Lipinski definition) is 2. The van der Waals surface area contributed by atoms with Crippen LogP contribution in [0, 0.1) is 5.41 Å². The predicted molar refractivity (Wildman–Crippen MR) is 47.2 cm³/mol. The summed E-state index contributed by atoms with van der Waals surface area (Å²) in [5, 5.41) is 8.85. The molecule has 1 aliphatic heterocycles. The van der Waals surface area contributed by atoms with E-state index < -0.39 is 11.4 Å². The van der Waals surface area contributed by atoms with Gasteiger partial charge in [-0.1, -0.05) is 0 Å².